The van der Waals surface area contributed by atoms with Crippen molar-refractivity contribution in [2.45, 2.75) is 39.5 Å². The van der Waals surface area contributed by atoms with Gasteiger partial charge in [0.05, 0.1) is 0 Å². The van der Waals surface area contributed by atoms with E-state index in [0.717, 1.165) is 0 Å². The van der Waals surface area contributed by atoms with Gasteiger partial charge in [0, 0.05) is 50.2 Å². The number of carbonyl (C=O) groups is 1. The van der Waals surface area contributed by atoms with Crippen LogP contribution in [0.1, 0.15) is 23.6 Å². The molecule has 1 fully saturated rings. The van der Waals surface area contributed by atoms with E-state index in [-0.39, 0.29) is 30.2 Å². The minimum atomic E-state index is -4.59. The first-order chi connectivity index (χ1) is 17.9. The minimum absolute atomic E-state index is 0.0569. The summed E-state index contributed by atoms with van der Waals surface area (Å²) in [5.41, 5.74) is 0.512. The van der Waals surface area contributed by atoms with Gasteiger partial charge in [-0.1, -0.05) is 11.3 Å². The van der Waals surface area contributed by atoms with Crippen molar-refractivity contribution in [2.75, 3.05) is 51.8 Å². The summed E-state index contributed by atoms with van der Waals surface area (Å²) in [6, 6.07) is -0.101. The minimum Gasteiger partial charge on any atom is -0.462 e. The third-order valence-electron chi connectivity index (χ3n) is 6.01. The zero-order chi connectivity index (χ0) is 27.6. The molecule has 1 aliphatic heterocycles. The molecule has 0 bridgehead atoms. The van der Waals surface area contributed by atoms with Crippen molar-refractivity contribution >= 4 is 22.2 Å². The van der Waals surface area contributed by atoms with E-state index in [9.17, 15) is 18.0 Å². The van der Waals surface area contributed by atoms with Crippen LogP contribution in [-0.4, -0.2) is 98.3 Å². The maximum absolute atomic E-state index is 13.6. The van der Waals surface area contributed by atoms with Crippen LogP contribution < -0.4 is 9.64 Å². The van der Waals surface area contributed by atoms with Crippen molar-refractivity contribution in [3.8, 4) is 17.3 Å². The van der Waals surface area contributed by atoms with Crippen LogP contribution in [0.5, 0.6) is 6.01 Å². The van der Waals surface area contributed by atoms with Crippen molar-refractivity contribution in [1.29, 1.82) is 0 Å². The van der Waals surface area contributed by atoms with Crippen LogP contribution in [0.3, 0.4) is 0 Å². The van der Waals surface area contributed by atoms with E-state index < -0.39 is 11.2 Å². The van der Waals surface area contributed by atoms with E-state index in [2.05, 4.69) is 25.0 Å². The molecule has 11 nitrogen and oxygen atoms in total. The van der Waals surface area contributed by atoms with Crippen LogP contribution in [0.15, 0.2) is 12.4 Å². The molecular weight excluding hydrogens is 523 g/mol. The Bertz CT molecular complexity index is 1260. The first-order valence-electron chi connectivity index (χ1n) is 12.0. The molecule has 0 spiro atoms. The van der Waals surface area contributed by atoms with E-state index in [1.165, 1.54) is 12.4 Å². The molecule has 3 aromatic heterocycles. The third kappa shape index (κ3) is 6.38. The Labute approximate surface area is 222 Å². The fourth-order valence-corrected chi connectivity index (χ4v) is 5.10. The second-order valence-electron chi connectivity index (χ2n) is 9.32. The fraction of sp³-hybridized carbons (Fsp3) is 0.565. The molecule has 38 heavy (non-hydrogen) atoms. The number of thiazole rings is 1. The standard InChI is InChI=1S/C23H30F3N9O2S/c1-14-12-33(6-7-34(14)18(36)13-35-16(3)29-15(2)31-35)20-19(30-21(38-20)23(24,25)26)17-10-27-22(28-11-17)37-9-8-32(4)5/h10-11,14H,6-9,12-13H2,1-5H3. The topological polar surface area (TPSA) is 105 Å². The van der Waals surface area contributed by atoms with Gasteiger partial charge in [-0.15, -0.1) is 0 Å². The Balaban J connectivity index is 1.51. The molecule has 0 aromatic carbocycles. The molecular formula is C23H30F3N9O2S. The van der Waals surface area contributed by atoms with Crippen LogP contribution in [-0.2, 0) is 17.5 Å². The lowest BCUT2D eigenvalue weighted by Gasteiger charge is -2.40. The molecule has 1 atom stereocenters. The number of hydrogen-bond donors (Lipinski definition) is 0. The number of anilines is 1. The molecule has 0 N–H and O–H groups in total. The summed E-state index contributed by atoms with van der Waals surface area (Å²) in [7, 11) is 3.81. The number of hydrogen-bond acceptors (Lipinski definition) is 10. The summed E-state index contributed by atoms with van der Waals surface area (Å²) in [4.78, 5) is 34.9. The Kier molecular flexibility index (Phi) is 8.16. The van der Waals surface area contributed by atoms with Crippen molar-refractivity contribution in [3.05, 3.63) is 29.1 Å². The summed E-state index contributed by atoms with van der Waals surface area (Å²) in [6.07, 6.45) is -1.75. The highest BCUT2D eigenvalue weighted by Gasteiger charge is 2.38. The monoisotopic (exact) mass is 553 g/mol. The second kappa shape index (κ2) is 11.2. The van der Waals surface area contributed by atoms with Gasteiger partial charge in [-0.3, -0.25) is 4.79 Å². The Morgan fingerprint density at radius 2 is 1.89 bits per heavy atom. The molecule has 1 aliphatic rings. The molecule has 1 amide bonds. The molecule has 15 heteroatoms. The zero-order valence-electron chi connectivity index (χ0n) is 21.9. The summed E-state index contributed by atoms with van der Waals surface area (Å²) < 4.78 is 47.9. The van der Waals surface area contributed by atoms with Crippen LogP contribution in [0, 0.1) is 13.8 Å². The largest absolute Gasteiger partial charge is 0.462 e. The second-order valence-corrected chi connectivity index (χ2v) is 10.3. The SMILES string of the molecule is Cc1nc(C)n(CC(=O)N2CCN(c3sc(C(F)(F)F)nc3-c3cnc(OCCN(C)C)nc3)CC2C)n1. The van der Waals surface area contributed by atoms with E-state index >= 15 is 0 Å². The molecule has 4 heterocycles. The van der Waals surface area contributed by atoms with Gasteiger partial charge in [-0.2, -0.15) is 18.3 Å². The third-order valence-corrected chi connectivity index (χ3v) is 7.17. The summed E-state index contributed by atoms with van der Waals surface area (Å²) in [5, 5.41) is 3.66. The number of rotatable bonds is 8. The van der Waals surface area contributed by atoms with Gasteiger partial charge in [0.25, 0.3) is 0 Å². The van der Waals surface area contributed by atoms with Gasteiger partial charge in [0.15, 0.2) is 0 Å². The molecule has 0 radical (unpaired) electrons. The van der Waals surface area contributed by atoms with Gasteiger partial charge in [0.1, 0.15) is 35.5 Å². The molecule has 4 rings (SSSR count). The fourth-order valence-electron chi connectivity index (χ4n) is 4.11. The van der Waals surface area contributed by atoms with Crippen LogP contribution >= 0.6 is 11.3 Å². The molecule has 0 saturated carbocycles. The van der Waals surface area contributed by atoms with Gasteiger partial charge < -0.3 is 19.4 Å². The van der Waals surface area contributed by atoms with Gasteiger partial charge in [0.2, 0.25) is 10.9 Å². The normalized spacial score (nSPS) is 16.4. The Morgan fingerprint density at radius 3 is 2.47 bits per heavy atom. The van der Waals surface area contributed by atoms with Crippen molar-refractivity contribution in [2.24, 2.45) is 0 Å². The number of nitrogens with zero attached hydrogens (tertiary/aromatic N) is 9. The van der Waals surface area contributed by atoms with Crippen molar-refractivity contribution < 1.29 is 22.7 Å². The molecule has 1 unspecified atom stereocenters. The predicted octanol–water partition coefficient (Wildman–Crippen LogP) is 2.50. The van der Waals surface area contributed by atoms with Crippen LogP contribution in [0.25, 0.3) is 11.3 Å². The number of halogens is 3. The van der Waals surface area contributed by atoms with Gasteiger partial charge in [-0.05, 0) is 34.9 Å². The predicted molar refractivity (Wildman–Crippen MR) is 135 cm³/mol. The molecule has 206 valence electrons. The first-order valence-corrected chi connectivity index (χ1v) is 12.8. The molecule has 1 saturated heterocycles. The Morgan fingerprint density at radius 1 is 1.18 bits per heavy atom. The number of aromatic nitrogens is 6. The van der Waals surface area contributed by atoms with E-state index in [1.807, 2.05) is 30.8 Å². The number of alkyl halides is 3. The highest BCUT2D eigenvalue weighted by molar-refractivity contribution is 7.16. The number of carbonyl (C=O) groups excluding carboxylic acids is 1. The van der Waals surface area contributed by atoms with E-state index in [0.29, 0.717) is 66.3 Å². The lowest BCUT2D eigenvalue weighted by atomic mass is 10.1. The average molecular weight is 554 g/mol. The van der Waals surface area contributed by atoms with E-state index in [4.69, 9.17) is 4.74 Å². The highest BCUT2D eigenvalue weighted by atomic mass is 32.1. The summed E-state index contributed by atoms with van der Waals surface area (Å²) in [6.45, 7) is 7.56. The van der Waals surface area contributed by atoms with Crippen molar-refractivity contribution in [3.63, 3.8) is 0 Å². The lowest BCUT2D eigenvalue weighted by molar-refractivity contribution is -0.137. The van der Waals surface area contributed by atoms with Crippen molar-refractivity contribution in [1.82, 2.24) is 39.5 Å². The number of piperazine rings is 1. The average Bonchev–Trinajstić information content (AvgIpc) is 3.42. The number of amides is 1. The lowest BCUT2D eigenvalue weighted by Crippen LogP contribution is -2.54. The first kappa shape index (κ1) is 27.7. The summed E-state index contributed by atoms with van der Waals surface area (Å²) >= 11 is 0.580. The Hall–Kier alpha value is -3.33. The smallest absolute Gasteiger partial charge is 0.443 e. The van der Waals surface area contributed by atoms with Gasteiger partial charge in [-0.25, -0.2) is 24.6 Å². The molecule has 3 aromatic rings. The number of likely N-dealkylation sites (N-methyl/N-ethyl adjacent to an activating group) is 1. The van der Waals surface area contributed by atoms with Gasteiger partial charge >= 0.3 is 12.2 Å². The van der Waals surface area contributed by atoms with Crippen LogP contribution in [0.4, 0.5) is 18.2 Å². The quantitative estimate of drug-likeness (QED) is 0.416. The highest BCUT2D eigenvalue weighted by Crippen LogP contribution is 2.43. The maximum atomic E-state index is 13.6. The van der Waals surface area contributed by atoms with E-state index in [1.54, 1.807) is 23.4 Å². The maximum Gasteiger partial charge on any atom is 0.443 e. The molecule has 0 aliphatic carbocycles. The number of aryl methyl sites for hydroxylation is 2. The number of ether oxygens (including phenoxy) is 1. The summed E-state index contributed by atoms with van der Waals surface area (Å²) in [5.74, 6) is 1.11. The zero-order valence-corrected chi connectivity index (χ0v) is 22.7. The van der Waals surface area contributed by atoms with Crippen LogP contribution in [0.2, 0.25) is 0 Å².